The Hall–Kier alpha value is -1.42. The van der Waals surface area contributed by atoms with Crippen molar-refractivity contribution in [1.29, 1.82) is 0 Å². The Balaban J connectivity index is 1.91. The molecule has 1 amide bonds. The minimum atomic E-state index is 0.171. The number of carbonyl (C=O) groups is 1. The quantitative estimate of drug-likeness (QED) is 0.707. The molecule has 1 aromatic rings. The van der Waals surface area contributed by atoms with Crippen LogP contribution in [0.5, 0.6) is 0 Å². The van der Waals surface area contributed by atoms with E-state index < -0.39 is 0 Å². The van der Waals surface area contributed by atoms with Crippen molar-refractivity contribution in [2.45, 2.75) is 6.42 Å². The number of nitrogens with zero attached hydrogens (tertiary/aromatic N) is 2. The number of hydrogen-bond acceptors (Lipinski definition) is 3. The van der Waals surface area contributed by atoms with E-state index in [4.69, 9.17) is 4.74 Å². The van der Waals surface area contributed by atoms with Crippen LogP contribution in [0.25, 0.3) is 0 Å². The van der Waals surface area contributed by atoms with Crippen molar-refractivity contribution in [2.75, 3.05) is 26.3 Å². The third kappa shape index (κ3) is 2.76. The minimum Gasteiger partial charge on any atom is -0.378 e. The predicted molar refractivity (Wildman–Crippen MR) is 55.3 cm³/mol. The van der Waals surface area contributed by atoms with Gasteiger partial charge in [-0.2, -0.15) is 0 Å². The summed E-state index contributed by atoms with van der Waals surface area (Å²) >= 11 is 0. The molecule has 1 aliphatic heterocycles. The Morgan fingerprint density at radius 2 is 2.00 bits per heavy atom. The van der Waals surface area contributed by atoms with E-state index in [2.05, 4.69) is 4.98 Å². The second-order valence-corrected chi connectivity index (χ2v) is 3.53. The number of pyridine rings is 1. The monoisotopic (exact) mass is 206 g/mol. The zero-order valence-corrected chi connectivity index (χ0v) is 8.56. The molecule has 0 saturated carbocycles. The Morgan fingerprint density at radius 3 is 2.67 bits per heavy atom. The summed E-state index contributed by atoms with van der Waals surface area (Å²) in [6.45, 7) is 2.73. The highest BCUT2D eigenvalue weighted by molar-refractivity contribution is 5.78. The summed E-state index contributed by atoms with van der Waals surface area (Å²) < 4.78 is 5.20. The van der Waals surface area contributed by atoms with Gasteiger partial charge in [0, 0.05) is 25.5 Å². The maximum atomic E-state index is 11.8. The third-order valence-corrected chi connectivity index (χ3v) is 2.47. The SMILES string of the molecule is O=C(Cc1ccncc1)N1CCOCC1. The highest BCUT2D eigenvalue weighted by atomic mass is 16.5. The molecule has 0 N–H and O–H groups in total. The first-order valence-corrected chi connectivity index (χ1v) is 5.11. The van der Waals surface area contributed by atoms with Gasteiger partial charge in [0.15, 0.2) is 0 Å². The number of aromatic nitrogens is 1. The first kappa shape index (κ1) is 10.1. The molecule has 1 saturated heterocycles. The van der Waals surface area contributed by atoms with E-state index in [0.717, 1.165) is 5.56 Å². The van der Waals surface area contributed by atoms with Gasteiger partial charge in [0.05, 0.1) is 19.6 Å². The molecular formula is C11H14N2O2. The first-order valence-electron chi connectivity index (χ1n) is 5.11. The van der Waals surface area contributed by atoms with Crippen LogP contribution in [0.3, 0.4) is 0 Å². The molecule has 1 fully saturated rings. The average Bonchev–Trinajstić information content (AvgIpc) is 2.31. The molecule has 4 nitrogen and oxygen atoms in total. The number of amides is 1. The fourth-order valence-corrected chi connectivity index (χ4v) is 1.60. The normalized spacial score (nSPS) is 16.4. The van der Waals surface area contributed by atoms with Crippen LogP contribution in [0.15, 0.2) is 24.5 Å². The second-order valence-electron chi connectivity index (χ2n) is 3.53. The van der Waals surface area contributed by atoms with Crippen molar-refractivity contribution in [2.24, 2.45) is 0 Å². The van der Waals surface area contributed by atoms with Gasteiger partial charge < -0.3 is 9.64 Å². The Morgan fingerprint density at radius 1 is 1.33 bits per heavy atom. The molecule has 0 bridgehead atoms. The van der Waals surface area contributed by atoms with Gasteiger partial charge in [-0.05, 0) is 17.7 Å². The second kappa shape index (κ2) is 4.89. The highest BCUT2D eigenvalue weighted by Crippen LogP contribution is 2.03. The van der Waals surface area contributed by atoms with E-state index in [1.807, 2.05) is 17.0 Å². The Bertz CT molecular complexity index is 321. The van der Waals surface area contributed by atoms with E-state index in [1.54, 1.807) is 12.4 Å². The van der Waals surface area contributed by atoms with Gasteiger partial charge >= 0.3 is 0 Å². The van der Waals surface area contributed by atoms with E-state index in [-0.39, 0.29) is 5.91 Å². The third-order valence-electron chi connectivity index (χ3n) is 2.47. The lowest BCUT2D eigenvalue weighted by atomic mass is 10.2. The molecule has 1 aromatic heterocycles. The summed E-state index contributed by atoms with van der Waals surface area (Å²) in [6.07, 6.45) is 3.88. The first-order chi connectivity index (χ1) is 7.36. The van der Waals surface area contributed by atoms with Crippen molar-refractivity contribution in [1.82, 2.24) is 9.88 Å². The zero-order chi connectivity index (χ0) is 10.5. The molecule has 0 spiro atoms. The van der Waals surface area contributed by atoms with E-state index in [0.29, 0.717) is 32.7 Å². The van der Waals surface area contributed by atoms with Crippen LogP contribution in [-0.4, -0.2) is 42.1 Å². The minimum absolute atomic E-state index is 0.171. The van der Waals surface area contributed by atoms with Crippen LogP contribution in [0.4, 0.5) is 0 Å². The molecule has 2 rings (SSSR count). The molecule has 80 valence electrons. The van der Waals surface area contributed by atoms with Crippen molar-refractivity contribution in [3.63, 3.8) is 0 Å². The molecule has 15 heavy (non-hydrogen) atoms. The number of rotatable bonds is 2. The maximum absolute atomic E-state index is 11.8. The van der Waals surface area contributed by atoms with Crippen LogP contribution in [0.2, 0.25) is 0 Å². The van der Waals surface area contributed by atoms with Gasteiger partial charge in [-0.15, -0.1) is 0 Å². The summed E-state index contributed by atoms with van der Waals surface area (Å²) in [5.41, 5.74) is 1.02. The summed E-state index contributed by atoms with van der Waals surface area (Å²) in [4.78, 5) is 17.6. The standard InChI is InChI=1S/C11H14N2O2/c14-11(13-5-7-15-8-6-13)9-10-1-3-12-4-2-10/h1-4H,5-9H2. The number of carbonyl (C=O) groups excluding carboxylic acids is 1. The van der Waals surface area contributed by atoms with Gasteiger partial charge in [-0.1, -0.05) is 0 Å². The van der Waals surface area contributed by atoms with E-state index in [1.165, 1.54) is 0 Å². The molecule has 0 radical (unpaired) electrons. The fourth-order valence-electron chi connectivity index (χ4n) is 1.60. The summed E-state index contributed by atoms with van der Waals surface area (Å²) in [6, 6.07) is 3.75. The Labute approximate surface area is 88.9 Å². The fraction of sp³-hybridized carbons (Fsp3) is 0.455. The van der Waals surface area contributed by atoms with Crippen molar-refractivity contribution >= 4 is 5.91 Å². The van der Waals surface area contributed by atoms with Crippen LogP contribution < -0.4 is 0 Å². The van der Waals surface area contributed by atoms with Crippen molar-refractivity contribution in [3.05, 3.63) is 30.1 Å². The van der Waals surface area contributed by atoms with Crippen LogP contribution in [0.1, 0.15) is 5.56 Å². The van der Waals surface area contributed by atoms with Crippen molar-refractivity contribution < 1.29 is 9.53 Å². The molecule has 2 heterocycles. The highest BCUT2D eigenvalue weighted by Gasteiger charge is 2.16. The van der Waals surface area contributed by atoms with Crippen LogP contribution >= 0.6 is 0 Å². The van der Waals surface area contributed by atoms with Gasteiger partial charge in [-0.25, -0.2) is 0 Å². The predicted octanol–water partition coefficient (Wildman–Crippen LogP) is 0.483. The number of morpholine rings is 1. The lowest BCUT2D eigenvalue weighted by Gasteiger charge is -2.26. The van der Waals surface area contributed by atoms with Gasteiger partial charge in [0.1, 0.15) is 0 Å². The molecular weight excluding hydrogens is 192 g/mol. The van der Waals surface area contributed by atoms with Gasteiger partial charge in [0.25, 0.3) is 0 Å². The molecule has 0 aliphatic carbocycles. The average molecular weight is 206 g/mol. The van der Waals surface area contributed by atoms with E-state index >= 15 is 0 Å². The number of hydrogen-bond donors (Lipinski definition) is 0. The topological polar surface area (TPSA) is 42.4 Å². The molecule has 0 atom stereocenters. The zero-order valence-electron chi connectivity index (χ0n) is 8.56. The lowest BCUT2D eigenvalue weighted by molar-refractivity contribution is -0.134. The van der Waals surface area contributed by atoms with Gasteiger partial charge in [0.2, 0.25) is 5.91 Å². The summed E-state index contributed by atoms with van der Waals surface area (Å²) in [5, 5.41) is 0. The smallest absolute Gasteiger partial charge is 0.227 e. The van der Waals surface area contributed by atoms with Gasteiger partial charge in [-0.3, -0.25) is 9.78 Å². The molecule has 0 aromatic carbocycles. The lowest BCUT2D eigenvalue weighted by Crippen LogP contribution is -2.41. The Kier molecular flexibility index (Phi) is 3.29. The van der Waals surface area contributed by atoms with Crippen molar-refractivity contribution in [3.8, 4) is 0 Å². The van der Waals surface area contributed by atoms with Crippen LogP contribution in [0, 0.1) is 0 Å². The summed E-state index contributed by atoms with van der Waals surface area (Å²) in [7, 11) is 0. The molecule has 0 unspecified atom stereocenters. The molecule has 1 aliphatic rings. The van der Waals surface area contributed by atoms with E-state index in [9.17, 15) is 4.79 Å². The van der Waals surface area contributed by atoms with Crippen LogP contribution in [-0.2, 0) is 16.0 Å². The maximum Gasteiger partial charge on any atom is 0.227 e. The largest absolute Gasteiger partial charge is 0.378 e. The molecule has 4 heteroatoms. The number of ether oxygens (including phenoxy) is 1. The summed E-state index contributed by atoms with van der Waals surface area (Å²) in [5.74, 6) is 0.171.